The number of H-pyrrole nitrogens is 1. The first-order valence-electron chi connectivity index (χ1n) is 7.54. The third-order valence-corrected chi connectivity index (χ3v) is 6.73. The molecule has 7 heteroatoms. The molecule has 126 valence electrons. The summed E-state index contributed by atoms with van der Waals surface area (Å²) in [6, 6.07) is 11.0. The van der Waals surface area contributed by atoms with Gasteiger partial charge in [-0.05, 0) is 61.5 Å². The van der Waals surface area contributed by atoms with Crippen molar-refractivity contribution < 1.29 is 8.42 Å². The highest BCUT2D eigenvalue weighted by Gasteiger charge is 2.15. The van der Waals surface area contributed by atoms with Crippen molar-refractivity contribution in [1.29, 1.82) is 0 Å². The maximum Gasteiger partial charge on any atom is 0.251 e. The quantitative estimate of drug-likeness (QED) is 0.732. The van der Waals surface area contributed by atoms with Gasteiger partial charge in [-0.2, -0.15) is 0 Å². The van der Waals surface area contributed by atoms with Gasteiger partial charge in [0.2, 0.25) is 10.0 Å². The monoisotopic (exact) mass is 362 g/mol. The molecule has 3 aromatic rings. The Balaban J connectivity index is 1.72. The maximum absolute atomic E-state index is 12.2. The Bertz CT molecular complexity index is 1050. The summed E-state index contributed by atoms with van der Waals surface area (Å²) in [6.07, 6.45) is 0.581. The van der Waals surface area contributed by atoms with Crippen LogP contribution in [0.15, 0.2) is 45.4 Å². The van der Waals surface area contributed by atoms with Crippen molar-refractivity contribution in [3.63, 3.8) is 0 Å². The number of nitrogens with one attached hydrogen (secondary N) is 2. The molecule has 2 aromatic heterocycles. The Morgan fingerprint density at radius 2 is 1.92 bits per heavy atom. The lowest BCUT2D eigenvalue weighted by molar-refractivity contribution is 0.584. The van der Waals surface area contributed by atoms with Crippen LogP contribution in [0.5, 0.6) is 0 Å². The van der Waals surface area contributed by atoms with Gasteiger partial charge in [-0.3, -0.25) is 4.79 Å². The van der Waals surface area contributed by atoms with E-state index in [9.17, 15) is 13.2 Å². The molecule has 0 saturated heterocycles. The second-order valence-corrected chi connectivity index (χ2v) is 9.00. The molecule has 0 spiro atoms. The number of pyridine rings is 1. The van der Waals surface area contributed by atoms with E-state index in [0.29, 0.717) is 22.7 Å². The van der Waals surface area contributed by atoms with Crippen LogP contribution in [-0.4, -0.2) is 19.9 Å². The largest absolute Gasteiger partial charge is 0.322 e. The summed E-state index contributed by atoms with van der Waals surface area (Å²) in [5.41, 5.74) is 2.37. The number of aryl methyl sites for hydroxylation is 2. The van der Waals surface area contributed by atoms with Crippen molar-refractivity contribution >= 4 is 32.3 Å². The number of sulfonamides is 1. The lowest BCUT2D eigenvalue weighted by Gasteiger charge is -2.06. The summed E-state index contributed by atoms with van der Waals surface area (Å²) in [7, 11) is -3.44. The maximum atomic E-state index is 12.2. The standard InChI is InChI=1S/C17H18N2O3S2/c1-11-9-14-10-13(4-5-15(14)19-17(11)20)7-8-18-24(21,22)16-6-3-12(2)23-16/h3-6,9-10,18H,7-8H2,1-2H3,(H,19,20). The smallest absolute Gasteiger partial charge is 0.251 e. The molecule has 0 radical (unpaired) electrons. The van der Waals surface area contributed by atoms with Crippen molar-refractivity contribution in [3.8, 4) is 0 Å². The fraction of sp³-hybridized carbons (Fsp3) is 0.235. The van der Waals surface area contributed by atoms with E-state index in [1.807, 2.05) is 31.2 Å². The van der Waals surface area contributed by atoms with Gasteiger partial charge in [0.05, 0.1) is 0 Å². The second kappa shape index (κ2) is 6.51. The molecule has 0 saturated carbocycles. The summed E-state index contributed by atoms with van der Waals surface area (Å²) in [5, 5.41) is 0.946. The lowest BCUT2D eigenvalue weighted by Crippen LogP contribution is -2.25. The highest BCUT2D eigenvalue weighted by molar-refractivity contribution is 7.91. The van der Waals surface area contributed by atoms with Crippen LogP contribution in [0.4, 0.5) is 0 Å². The zero-order valence-corrected chi connectivity index (χ0v) is 15.1. The minimum atomic E-state index is -3.44. The molecule has 2 N–H and O–H groups in total. The molecular weight excluding hydrogens is 344 g/mol. The van der Waals surface area contributed by atoms with Gasteiger partial charge in [-0.15, -0.1) is 11.3 Å². The molecule has 0 atom stereocenters. The Labute approximate surface area is 144 Å². The van der Waals surface area contributed by atoms with Gasteiger partial charge < -0.3 is 4.98 Å². The van der Waals surface area contributed by atoms with Crippen LogP contribution in [-0.2, 0) is 16.4 Å². The Kier molecular flexibility index (Phi) is 4.58. The summed E-state index contributed by atoms with van der Waals surface area (Å²) in [5.74, 6) is 0. The molecule has 2 heterocycles. The van der Waals surface area contributed by atoms with E-state index >= 15 is 0 Å². The normalized spacial score (nSPS) is 11.9. The Hall–Kier alpha value is -1.96. The van der Waals surface area contributed by atoms with Crippen LogP contribution >= 0.6 is 11.3 Å². The Morgan fingerprint density at radius 1 is 1.12 bits per heavy atom. The summed E-state index contributed by atoms with van der Waals surface area (Å²) in [4.78, 5) is 15.4. The van der Waals surface area contributed by atoms with Crippen LogP contribution in [0.2, 0.25) is 0 Å². The zero-order valence-electron chi connectivity index (χ0n) is 13.4. The van der Waals surface area contributed by atoms with E-state index in [4.69, 9.17) is 0 Å². The third kappa shape index (κ3) is 3.58. The van der Waals surface area contributed by atoms with Crippen LogP contribution in [0.3, 0.4) is 0 Å². The molecule has 24 heavy (non-hydrogen) atoms. The van der Waals surface area contributed by atoms with Crippen LogP contribution in [0, 0.1) is 13.8 Å². The van der Waals surface area contributed by atoms with E-state index in [0.717, 1.165) is 21.3 Å². The molecule has 0 aliphatic rings. The number of hydrogen-bond donors (Lipinski definition) is 2. The summed E-state index contributed by atoms with van der Waals surface area (Å²) >= 11 is 1.26. The molecule has 5 nitrogen and oxygen atoms in total. The van der Waals surface area contributed by atoms with Gasteiger partial charge in [0.1, 0.15) is 4.21 Å². The van der Waals surface area contributed by atoms with Crippen LogP contribution < -0.4 is 10.3 Å². The fourth-order valence-corrected chi connectivity index (χ4v) is 4.84. The van der Waals surface area contributed by atoms with Crippen molar-refractivity contribution in [2.45, 2.75) is 24.5 Å². The van der Waals surface area contributed by atoms with Gasteiger partial charge in [0.15, 0.2) is 0 Å². The molecule has 0 aliphatic heterocycles. The number of benzene rings is 1. The van der Waals surface area contributed by atoms with E-state index in [-0.39, 0.29) is 5.56 Å². The predicted molar refractivity (Wildman–Crippen MR) is 97.3 cm³/mol. The number of hydrogen-bond acceptors (Lipinski definition) is 4. The topological polar surface area (TPSA) is 79.0 Å². The van der Waals surface area contributed by atoms with Gasteiger partial charge in [-0.25, -0.2) is 13.1 Å². The van der Waals surface area contributed by atoms with Crippen LogP contribution in [0.25, 0.3) is 10.9 Å². The molecule has 0 amide bonds. The molecule has 1 aromatic carbocycles. The molecule has 0 bridgehead atoms. The van der Waals surface area contributed by atoms with Gasteiger partial charge in [0.25, 0.3) is 5.56 Å². The number of aromatic amines is 1. The number of rotatable bonds is 5. The van der Waals surface area contributed by atoms with E-state index < -0.39 is 10.0 Å². The molecule has 0 unspecified atom stereocenters. The lowest BCUT2D eigenvalue weighted by atomic mass is 10.1. The van der Waals surface area contributed by atoms with Gasteiger partial charge in [0, 0.05) is 22.5 Å². The fourth-order valence-electron chi connectivity index (χ4n) is 2.48. The van der Waals surface area contributed by atoms with E-state index in [2.05, 4.69) is 9.71 Å². The van der Waals surface area contributed by atoms with Gasteiger partial charge >= 0.3 is 0 Å². The first-order valence-corrected chi connectivity index (χ1v) is 9.84. The first kappa shape index (κ1) is 16.9. The number of thiophene rings is 1. The Morgan fingerprint density at radius 3 is 2.62 bits per heavy atom. The summed E-state index contributed by atoms with van der Waals surface area (Å²) in [6.45, 7) is 3.97. The number of aromatic nitrogens is 1. The average molecular weight is 362 g/mol. The SMILES string of the molecule is Cc1ccc(S(=O)(=O)NCCc2ccc3[nH]c(=O)c(C)cc3c2)s1. The highest BCUT2D eigenvalue weighted by Crippen LogP contribution is 2.20. The molecule has 3 rings (SSSR count). The van der Waals surface area contributed by atoms with Crippen molar-refractivity contribution in [1.82, 2.24) is 9.71 Å². The van der Waals surface area contributed by atoms with Crippen molar-refractivity contribution in [2.75, 3.05) is 6.54 Å². The van der Waals surface area contributed by atoms with E-state index in [1.165, 1.54) is 11.3 Å². The zero-order chi connectivity index (χ0) is 17.3. The average Bonchev–Trinajstić information content (AvgIpc) is 2.96. The summed E-state index contributed by atoms with van der Waals surface area (Å²) < 4.78 is 27.3. The van der Waals surface area contributed by atoms with Crippen LogP contribution in [0.1, 0.15) is 16.0 Å². The number of fused-ring (bicyclic) bond motifs is 1. The third-order valence-electron chi connectivity index (χ3n) is 3.78. The molecular formula is C17H18N2O3S2. The minimum absolute atomic E-state index is 0.0887. The predicted octanol–water partition coefficient (Wildman–Crippen LogP) is 2.73. The molecule has 0 aliphatic carbocycles. The first-order chi connectivity index (χ1) is 11.3. The van der Waals surface area contributed by atoms with Gasteiger partial charge in [-0.1, -0.05) is 6.07 Å². The second-order valence-electron chi connectivity index (χ2n) is 5.72. The highest BCUT2D eigenvalue weighted by atomic mass is 32.2. The van der Waals surface area contributed by atoms with Crippen molar-refractivity contribution in [2.24, 2.45) is 0 Å². The molecule has 0 fully saturated rings. The van der Waals surface area contributed by atoms with E-state index in [1.54, 1.807) is 19.1 Å². The van der Waals surface area contributed by atoms with Crippen molar-refractivity contribution in [3.05, 3.63) is 62.8 Å². The minimum Gasteiger partial charge on any atom is -0.322 e.